The zero-order valence-electron chi connectivity index (χ0n) is 17.0. The Hall–Kier alpha value is -3.40. The van der Waals surface area contributed by atoms with E-state index in [0.717, 1.165) is 17.7 Å². The summed E-state index contributed by atoms with van der Waals surface area (Å²) < 4.78 is 0. The van der Waals surface area contributed by atoms with Gasteiger partial charge in [-0.2, -0.15) is 0 Å². The summed E-state index contributed by atoms with van der Waals surface area (Å²) in [6.45, 7) is 1.64. The van der Waals surface area contributed by atoms with Gasteiger partial charge in [0.25, 0.3) is 0 Å². The molecule has 0 N–H and O–H groups in total. The zero-order valence-corrected chi connectivity index (χ0v) is 17.0. The number of carbonyl (C=O) groups excluding carboxylic acids is 2. The van der Waals surface area contributed by atoms with Crippen molar-refractivity contribution in [1.82, 2.24) is 4.90 Å². The maximum absolute atomic E-state index is 13.5. The molecule has 2 amide bonds. The Labute approximate surface area is 177 Å². The first-order valence-electron chi connectivity index (χ1n) is 10.4. The number of carbonyl (C=O) groups is 2. The summed E-state index contributed by atoms with van der Waals surface area (Å²) in [4.78, 5) is 29.7. The lowest BCUT2D eigenvalue weighted by molar-refractivity contribution is -0.128. The van der Waals surface area contributed by atoms with Gasteiger partial charge in [-0.3, -0.25) is 9.59 Å². The molecule has 1 unspecified atom stereocenters. The number of amides is 2. The van der Waals surface area contributed by atoms with Crippen molar-refractivity contribution in [3.05, 3.63) is 102 Å². The number of nitrogens with zero attached hydrogens (tertiary/aromatic N) is 2. The van der Waals surface area contributed by atoms with Crippen LogP contribution in [-0.4, -0.2) is 29.8 Å². The van der Waals surface area contributed by atoms with E-state index in [0.29, 0.717) is 19.6 Å². The number of anilines is 1. The van der Waals surface area contributed by atoms with Gasteiger partial charge in [-0.05, 0) is 29.7 Å². The topological polar surface area (TPSA) is 40.6 Å². The maximum atomic E-state index is 13.5. The molecular weight excluding hydrogens is 372 g/mol. The van der Waals surface area contributed by atoms with Crippen molar-refractivity contribution in [2.24, 2.45) is 5.92 Å². The van der Waals surface area contributed by atoms with Gasteiger partial charge in [0.2, 0.25) is 11.8 Å². The summed E-state index contributed by atoms with van der Waals surface area (Å²) >= 11 is 0. The summed E-state index contributed by atoms with van der Waals surface area (Å²) in [6.07, 6.45) is 1.09. The summed E-state index contributed by atoms with van der Waals surface area (Å²) in [5.74, 6) is -0.227. The fraction of sp³-hybridized carbons (Fsp3) is 0.231. The Bertz CT molecular complexity index is 974. The summed E-state index contributed by atoms with van der Waals surface area (Å²) in [6, 6.07) is 29.8. The smallest absolute Gasteiger partial charge is 0.232 e. The van der Waals surface area contributed by atoms with Gasteiger partial charge in [0.15, 0.2) is 0 Å². The van der Waals surface area contributed by atoms with Crippen molar-refractivity contribution in [2.45, 2.75) is 19.4 Å². The Morgan fingerprint density at radius 1 is 0.833 bits per heavy atom. The minimum absolute atomic E-state index is 0.0145. The predicted octanol–water partition coefficient (Wildman–Crippen LogP) is 4.31. The lowest BCUT2D eigenvalue weighted by Gasteiger charge is -2.26. The zero-order chi connectivity index (χ0) is 20.8. The van der Waals surface area contributed by atoms with Crippen LogP contribution in [0.4, 0.5) is 5.69 Å². The second kappa shape index (κ2) is 9.40. The molecule has 3 aromatic carbocycles. The van der Waals surface area contributed by atoms with Crippen molar-refractivity contribution in [3.63, 3.8) is 0 Å². The summed E-state index contributed by atoms with van der Waals surface area (Å²) in [7, 11) is 0. The number of para-hydroxylation sites is 1. The first-order chi connectivity index (χ1) is 14.7. The van der Waals surface area contributed by atoms with E-state index in [-0.39, 0.29) is 24.2 Å². The molecule has 0 spiro atoms. The van der Waals surface area contributed by atoms with Crippen LogP contribution in [0.25, 0.3) is 0 Å². The molecule has 152 valence electrons. The molecule has 1 aliphatic rings. The number of hydrogen-bond acceptors (Lipinski definition) is 2. The van der Waals surface area contributed by atoms with Crippen molar-refractivity contribution < 1.29 is 9.59 Å². The molecule has 4 heteroatoms. The average Bonchev–Trinajstić information content (AvgIpc) is 3.18. The van der Waals surface area contributed by atoms with Gasteiger partial charge in [-0.25, -0.2) is 0 Å². The fourth-order valence-electron chi connectivity index (χ4n) is 3.95. The van der Waals surface area contributed by atoms with Gasteiger partial charge in [0.1, 0.15) is 0 Å². The first kappa shape index (κ1) is 19.9. The average molecular weight is 399 g/mol. The monoisotopic (exact) mass is 398 g/mol. The second-order valence-corrected chi connectivity index (χ2v) is 7.72. The standard InChI is InChI=1S/C26H26N2O2/c29-25-18-23(20-27(25)17-16-21-10-4-1-5-11-21)26(30)28(24-14-8-3-9-15-24)19-22-12-6-2-7-13-22/h1-15,23H,16-20H2. The van der Waals surface area contributed by atoms with Crippen LogP contribution in [0.3, 0.4) is 0 Å². The number of likely N-dealkylation sites (tertiary alicyclic amines) is 1. The molecule has 0 radical (unpaired) electrons. The third-order valence-electron chi connectivity index (χ3n) is 5.59. The highest BCUT2D eigenvalue weighted by Gasteiger charge is 2.36. The summed E-state index contributed by atoms with van der Waals surface area (Å²) in [5, 5.41) is 0. The van der Waals surface area contributed by atoms with Crippen molar-refractivity contribution in [3.8, 4) is 0 Å². The molecule has 0 bridgehead atoms. The van der Waals surface area contributed by atoms with E-state index >= 15 is 0 Å². The Kier molecular flexibility index (Phi) is 6.23. The molecule has 3 aromatic rings. The van der Waals surface area contributed by atoms with Crippen LogP contribution in [0.5, 0.6) is 0 Å². The first-order valence-corrected chi connectivity index (χ1v) is 10.4. The van der Waals surface area contributed by atoms with Gasteiger partial charge in [-0.1, -0.05) is 78.9 Å². The van der Waals surface area contributed by atoms with Crippen LogP contribution < -0.4 is 4.90 Å². The third-order valence-corrected chi connectivity index (χ3v) is 5.59. The van der Waals surface area contributed by atoms with Crippen LogP contribution >= 0.6 is 0 Å². The minimum atomic E-state index is -0.308. The minimum Gasteiger partial charge on any atom is -0.342 e. The van der Waals surface area contributed by atoms with Crippen LogP contribution in [0.15, 0.2) is 91.0 Å². The predicted molar refractivity (Wildman–Crippen MR) is 119 cm³/mol. The molecule has 1 heterocycles. The van der Waals surface area contributed by atoms with Crippen LogP contribution in [0.2, 0.25) is 0 Å². The molecule has 1 atom stereocenters. The lowest BCUT2D eigenvalue weighted by atomic mass is 10.1. The molecule has 1 fully saturated rings. The van der Waals surface area contributed by atoms with E-state index in [4.69, 9.17) is 0 Å². The van der Waals surface area contributed by atoms with E-state index < -0.39 is 0 Å². The molecule has 1 saturated heterocycles. The third kappa shape index (κ3) is 4.77. The van der Waals surface area contributed by atoms with E-state index in [2.05, 4.69) is 12.1 Å². The SMILES string of the molecule is O=C1CC(C(=O)N(Cc2ccccc2)c2ccccc2)CN1CCc1ccccc1. The van der Waals surface area contributed by atoms with Gasteiger partial charge in [0, 0.05) is 25.2 Å². The molecular formula is C26H26N2O2. The number of benzene rings is 3. The van der Waals surface area contributed by atoms with E-state index in [1.807, 2.05) is 88.7 Å². The number of rotatable bonds is 7. The Morgan fingerprint density at radius 3 is 2.03 bits per heavy atom. The molecule has 0 saturated carbocycles. The second-order valence-electron chi connectivity index (χ2n) is 7.72. The molecule has 30 heavy (non-hydrogen) atoms. The normalized spacial score (nSPS) is 15.9. The lowest BCUT2D eigenvalue weighted by Crippen LogP contribution is -2.37. The van der Waals surface area contributed by atoms with E-state index in [9.17, 15) is 9.59 Å². The highest BCUT2D eigenvalue weighted by atomic mass is 16.2. The van der Waals surface area contributed by atoms with Crippen LogP contribution in [-0.2, 0) is 22.6 Å². The quantitative estimate of drug-likeness (QED) is 0.595. The van der Waals surface area contributed by atoms with Crippen molar-refractivity contribution in [1.29, 1.82) is 0 Å². The van der Waals surface area contributed by atoms with Crippen molar-refractivity contribution >= 4 is 17.5 Å². The van der Waals surface area contributed by atoms with Gasteiger partial charge >= 0.3 is 0 Å². The van der Waals surface area contributed by atoms with Crippen molar-refractivity contribution in [2.75, 3.05) is 18.0 Å². The van der Waals surface area contributed by atoms with Crippen LogP contribution in [0, 0.1) is 5.92 Å². The molecule has 1 aliphatic heterocycles. The highest BCUT2D eigenvalue weighted by Crippen LogP contribution is 2.25. The molecule has 0 aromatic heterocycles. The fourth-order valence-corrected chi connectivity index (χ4v) is 3.95. The molecule has 0 aliphatic carbocycles. The Morgan fingerprint density at radius 2 is 1.40 bits per heavy atom. The van der Waals surface area contributed by atoms with Gasteiger partial charge in [-0.15, -0.1) is 0 Å². The van der Waals surface area contributed by atoms with E-state index in [1.54, 1.807) is 0 Å². The Balaban J connectivity index is 1.46. The highest BCUT2D eigenvalue weighted by molar-refractivity contribution is 5.99. The molecule has 4 rings (SSSR count). The van der Waals surface area contributed by atoms with Gasteiger partial charge in [0.05, 0.1) is 12.5 Å². The summed E-state index contributed by atoms with van der Waals surface area (Å²) in [5.41, 5.74) is 3.14. The molecule has 4 nitrogen and oxygen atoms in total. The largest absolute Gasteiger partial charge is 0.342 e. The van der Waals surface area contributed by atoms with Gasteiger partial charge < -0.3 is 9.80 Å². The maximum Gasteiger partial charge on any atom is 0.232 e. The van der Waals surface area contributed by atoms with Crippen LogP contribution in [0.1, 0.15) is 17.5 Å². The number of hydrogen-bond donors (Lipinski definition) is 0. The van der Waals surface area contributed by atoms with E-state index in [1.165, 1.54) is 5.56 Å².